The highest BCUT2D eigenvalue weighted by molar-refractivity contribution is 5.79. The first-order chi connectivity index (χ1) is 9.31. The molecule has 0 bridgehead atoms. The van der Waals surface area contributed by atoms with E-state index in [1.54, 1.807) is 6.92 Å². The number of hydrogen-bond acceptors (Lipinski definition) is 5. The first-order valence-electron chi connectivity index (χ1n) is 7.46. The number of hydrogen-bond donors (Lipinski definition) is 0. The van der Waals surface area contributed by atoms with Crippen LogP contribution < -0.4 is 0 Å². The lowest BCUT2D eigenvalue weighted by atomic mass is 9.83. The maximum absolute atomic E-state index is 12.4. The van der Waals surface area contributed by atoms with Crippen LogP contribution in [0.25, 0.3) is 0 Å². The van der Waals surface area contributed by atoms with Crippen molar-refractivity contribution in [3.05, 3.63) is 0 Å². The summed E-state index contributed by atoms with van der Waals surface area (Å²) < 4.78 is 22.9. The van der Waals surface area contributed by atoms with Crippen molar-refractivity contribution in [2.24, 2.45) is 0 Å². The molecule has 0 amide bonds. The second kappa shape index (κ2) is 5.62. The molecule has 2 rings (SSSR count). The van der Waals surface area contributed by atoms with Crippen molar-refractivity contribution >= 4 is 5.97 Å². The van der Waals surface area contributed by atoms with Crippen LogP contribution in [-0.2, 0) is 23.7 Å². The van der Waals surface area contributed by atoms with Crippen molar-refractivity contribution in [2.75, 3.05) is 19.8 Å². The first kappa shape index (κ1) is 15.7. The third-order valence-electron chi connectivity index (χ3n) is 3.78. The van der Waals surface area contributed by atoms with Gasteiger partial charge in [-0.1, -0.05) is 13.3 Å². The van der Waals surface area contributed by atoms with Crippen LogP contribution in [0.1, 0.15) is 53.4 Å². The van der Waals surface area contributed by atoms with E-state index < -0.39 is 17.0 Å². The quantitative estimate of drug-likeness (QED) is 0.587. The Morgan fingerprint density at radius 3 is 2.40 bits per heavy atom. The number of carbonyl (C=O) groups excluding carboxylic acids is 1. The van der Waals surface area contributed by atoms with E-state index in [1.807, 2.05) is 13.8 Å². The summed E-state index contributed by atoms with van der Waals surface area (Å²) in [6.07, 6.45) is 2.86. The summed E-state index contributed by atoms with van der Waals surface area (Å²) in [4.78, 5) is 12.4. The Hall–Kier alpha value is -0.650. The number of carbonyl (C=O) groups is 1. The summed E-state index contributed by atoms with van der Waals surface area (Å²) in [7, 11) is 0. The molecule has 2 saturated heterocycles. The average Bonchev–Trinajstić information content (AvgIpc) is 2.73. The van der Waals surface area contributed by atoms with Crippen LogP contribution in [-0.4, -0.2) is 42.8 Å². The molecule has 116 valence electrons. The molecule has 2 aliphatic heterocycles. The van der Waals surface area contributed by atoms with Gasteiger partial charge in [0.25, 0.3) is 0 Å². The van der Waals surface area contributed by atoms with E-state index in [-0.39, 0.29) is 5.97 Å². The smallest absolute Gasteiger partial charge is 0.338 e. The average molecular weight is 286 g/mol. The van der Waals surface area contributed by atoms with Gasteiger partial charge in [0.2, 0.25) is 0 Å². The van der Waals surface area contributed by atoms with Crippen LogP contribution in [0.3, 0.4) is 0 Å². The normalized spacial score (nSPS) is 31.4. The zero-order valence-electron chi connectivity index (χ0n) is 13.0. The molecule has 2 aliphatic rings. The van der Waals surface area contributed by atoms with Crippen molar-refractivity contribution < 1.29 is 23.7 Å². The molecule has 5 nitrogen and oxygen atoms in total. The lowest BCUT2D eigenvalue weighted by Crippen LogP contribution is -2.59. The molecule has 1 atom stereocenters. The summed E-state index contributed by atoms with van der Waals surface area (Å²) >= 11 is 0. The molecule has 0 aromatic rings. The molecular weight excluding hydrogens is 260 g/mol. The van der Waals surface area contributed by atoms with Crippen LogP contribution >= 0.6 is 0 Å². The number of ether oxygens (including phenoxy) is 4. The van der Waals surface area contributed by atoms with Gasteiger partial charge in [-0.2, -0.15) is 0 Å². The van der Waals surface area contributed by atoms with Gasteiger partial charge < -0.3 is 18.9 Å². The van der Waals surface area contributed by atoms with Gasteiger partial charge in [-0.05, 0) is 27.2 Å². The van der Waals surface area contributed by atoms with Crippen molar-refractivity contribution in [1.82, 2.24) is 0 Å². The predicted molar refractivity (Wildman–Crippen MR) is 73.3 cm³/mol. The van der Waals surface area contributed by atoms with E-state index in [4.69, 9.17) is 18.9 Å². The van der Waals surface area contributed by atoms with E-state index in [0.29, 0.717) is 32.7 Å². The van der Waals surface area contributed by atoms with Crippen LogP contribution in [0.2, 0.25) is 0 Å². The van der Waals surface area contributed by atoms with Crippen LogP contribution in [0.15, 0.2) is 0 Å². The minimum atomic E-state index is -1.01. The summed E-state index contributed by atoms with van der Waals surface area (Å²) in [5, 5.41) is 0. The fourth-order valence-electron chi connectivity index (χ4n) is 3.18. The van der Waals surface area contributed by atoms with Gasteiger partial charge in [0.15, 0.2) is 11.4 Å². The Morgan fingerprint density at radius 2 is 1.80 bits per heavy atom. The highest BCUT2D eigenvalue weighted by atomic mass is 16.7. The molecule has 0 aromatic heterocycles. The molecule has 0 saturated carbocycles. The van der Waals surface area contributed by atoms with Crippen molar-refractivity contribution in [2.45, 2.75) is 70.4 Å². The third-order valence-corrected chi connectivity index (χ3v) is 3.78. The minimum Gasteiger partial charge on any atom is -0.464 e. The number of rotatable bonds is 4. The Balaban J connectivity index is 2.10. The summed E-state index contributed by atoms with van der Waals surface area (Å²) in [6, 6.07) is 0. The topological polar surface area (TPSA) is 54.0 Å². The maximum Gasteiger partial charge on any atom is 0.338 e. The molecule has 0 radical (unpaired) electrons. The van der Waals surface area contributed by atoms with Crippen molar-refractivity contribution in [1.29, 1.82) is 0 Å². The second-order valence-electron chi connectivity index (χ2n) is 6.54. The molecular formula is C15H26O5. The highest BCUT2D eigenvalue weighted by Gasteiger charge is 2.57. The van der Waals surface area contributed by atoms with Crippen LogP contribution in [0.4, 0.5) is 0 Å². The van der Waals surface area contributed by atoms with Crippen molar-refractivity contribution in [3.63, 3.8) is 0 Å². The molecule has 0 N–H and O–H groups in total. The zero-order chi connectivity index (χ0) is 14.9. The fraction of sp³-hybridized carbons (Fsp3) is 0.933. The molecule has 1 unspecified atom stereocenters. The lowest BCUT2D eigenvalue weighted by molar-refractivity contribution is -0.290. The van der Waals surface area contributed by atoms with Gasteiger partial charge in [-0.3, -0.25) is 0 Å². The van der Waals surface area contributed by atoms with E-state index in [1.165, 1.54) is 0 Å². The van der Waals surface area contributed by atoms with Crippen LogP contribution in [0, 0.1) is 0 Å². The van der Waals surface area contributed by atoms with Gasteiger partial charge in [-0.25, -0.2) is 4.79 Å². The SMILES string of the molecule is CCCCOC(=O)C1(C)CC2(CC(C)(C)O1)OCCO2. The third kappa shape index (κ3) is 3.32. The van der Waals surface area contributed by atoms with Crippen LogP contribution in [0.5, 0.6) is 0 Å². The first-order valence-corrected chi connectivity index (χ1v) is 7.46. The van der Waals surface area contributed by atoms with E-state index in [9.17, 15) is 4.79 Å². The van der Waals surface area contributed by atoms with E-state index >= 15 is 0 Å². The van der Waals surface area contributed by atoms with Gasteiger partial charge in [0, 0.05) is 12.8 Å². The van der Waals surface area contributed by atoms with E-state index in [2.05, 4.69) is 6.92 Å². The number of unbranched alkanes of at least 4 members (excludes halogenated alkanes) is 1. The molecule has 20 heavy (non-hydrogen) atoms. The zero-order valence-corrected chi connectivity index (χ0v) is 13.0. The highest BCUT2D eigenvalue weighted by Crippen LogP contribution is 2.45. The lowest BCUT2D eigenvalue weighted by Gasteiger charge is -2.48. The molecule has 0 aromatic carbocycles. The summed E-state index contributed by atoms with van der Waals surface area (Å²) in [5.41, 5.74) is -1.50. The largest absolute Gasteiger partial charge is 0.464 e. The maximum atomic E-state index is 12.4. The Kier molecular flexibility index (Phi) is 4.42. The number of esters is 1. The van der Waals surface area contributed by atoms with Gasteiger partial charge >= 0.3 is 5.97 Å². The second-order valence-corrected chi connectivity index (χ2v) is 6.54. The monoisotopic (exact) mass is 286 g/mol. The van der Waals surface area contributed by atoms with Gasteiger partial charge in [0.05, 0.1) is 25.4 Å². The molecule has 2 fully saturated rings. The summed E-state index contributed by atoms with van der Waals surface area (Å²) in [6.45, 7) is 9.31. The van der Waals surface area contributed by atoms with Gasteiger partial charge in [-0.15, -0.1) is 0 Å². The predicted octanol–water partition coefficient (Wildman–Crippen LogP) is 2.42. The standard InChI is InChI=1S/C15H26O5/c1-5-6-7-17-12(16)14(4)11-15(18-8-9-19-15)10-13(2,3)20-14/h5-11H2,1-4H3. The van der Waals surface area contributed by atoms with E-state index in [0.717, 1.165) is 12.8 Å². The minimum absolute atomic E-state index is 0.322. The summed E-state index contributed by atoms with van der Waals surface area (Å²) in [5.74, 6) is -1.03. The molecule has 0 aliphatic carbocycles. The molecule has 2 heterocycles. The van der Waals surface area contributed by atoms with Gasteiger partial charge in [0.1, 0.15) is 0 Å². The van der Waals surface area contributed by atoms with Crippen molar-refractivity contribution in [3.8, 4) is 0 Å². The Labute approximate surface area is 120 Å². The Morgan fingerprint density at radius 1 is 1.15 bits per heavy atom. The fourth-order valence-corrected chi connectivity index (χ4v) is 3.18. The molecule has 1 spiro atoms. The Bertz CT molecular complexity index is 359. The molecule has 5 heteroatoms.